The minimum absolute atomic E-state index is 0.361. The molecule has 2 atom stereocenters. The van der Waals surface area contributed by atoms with E-state index in [0.29, 0.717) is 11.8 Å². The maximum absolute atomic E-state index is 12.3. The fourth-order valence-electron chi connectivity index (χ4n) is 1.81. The number of hydrogen-bond donors (Lipinski definition) is 1. The quantitative estimate of drug-likeness (QED) is 0.786. The summed E-state index contributed by atoms with van der Waals surface area (Å²) in [6.07, 6.45) is 3.33. The molecule has 0 saturated carbocycles. The van der Waals surface area contributed by atoms with Gasteiger partial charge in [0.05, 0.1) is 10.8 Å². The van der Waals surface area contributed by atoms with E-state index in [9.17, 15) is 4.21 Å². The van der Waals surface area contributed by atoms with Crippen molar-refractivity contribution in [1.82, 2.24) is 5.32 Å². The molecule has 1 N–H and O–H groups in total. The Bertz CT molecular complexity index is 367. The highest BCUT2D eigenvalue weighted by Gasteiger charge is 2.12. The van der Waals surface area contributed by atoms with Gasteiger partial charge in [0.15, 0.2) is 0 Å². The topological polar surface area (TPSA) is 29.1 Å². The highest BCUT2D eigenvalue weighted by atomic mass is 79.9. The summed E-state index contributed by atoms with van der Waals surface area (Å²) in [5, 5.41) is 3.48. The van der Waals surface area contributed by atoms with E-state index >= 15 is 0 Å². The summed E-state index contributed by atoms with van der Waals surface area (Å²) < 4.78 is 13.3. The van der Waals surface area contributed by atoms with E-state index < -0.39 is 10.8 Å². The molecule has 1 aromatic carbocycles. The molecule has 0 bridgehead atoms. The molecular formula is C14H22BrNOS. The van der Waals surface area contributed by atoms with Crippen molar-refractivity contribution in [2.45, 2.75) is 44.0 Å². The first kappa shape index (κ1) is 15.9. The van der Waals surface area contributed by atoms with E-state index in [2.05, 4.69) is 35.1 Å². The predicted octanol–water partition coefficient (Wildman–Crippen LogP) is 3.73. The second-order valence-electron chi connectivity index (χ2n) is 4.41. The predicted molar refractivity (Wildman–Crippen MR) is 82.4 cm³/mol. The number of benzene rings is 1. The molecule has 0 aliphatic rings. The van der Waals surface area contributed by atoms with Crippen LogP contribution >= 0.6 is 15.9 Å². The van der Waals surface area contributed by atoms with Gasteiger partial charge in [-0.1, -0.05) is 36.2 Å². The number of hydrogen-bond acceptors (Lipinski definition) is 2. The summed E-state index contributed by atoms with van der Waals surface area (Å²) in [5.41, 5.74) is 0. The Labute approximate surface area is 121 Å². The lowest BCUT2D eigenvalue weighted by Crippen LogP contribution is -2.34. The van der Waals surface area contributed by atoms with Crippen molar-refractivity contribution in [2.24, 2.45) is 0 Å². The van der Waals surface area contributed by atoms with E-state index in [4.69, 9.17) is 0 Å². The van der Waals surface area contributed by atoms with Crippen molar-refractivity contribution >= 4 is 26.7 Å². The molecule has 0 radical (unpaired) electrons. The Morgan fingerprint density at radius 3 is 2.44 bits per heavy atom. The molecule has 18 heavy (non-hydrogen) atoms. The number of halogens is 1. The molecule has 0 aromatic heterocycles. The summed E-state index contributed by atoms with van der Waals surface area (Å²) in [7, 11) is -0.910. The second kappa shape index (κ2) is 8.83. The zero-order chi connectivity index (χ0) is 13.4. The van der Waals surface area contributed by atoms with Crippen LogP contribution in [-0.4, -0.2) is 22.5 Å². The van der Waals surface area contributed by atoms with Crippen molar-refractivity contribution in [2.75, 3.05) is 12.3 Å². The molecular weight excluding hydrogens is 310 g/mol. The molecule has 0 aliphatic heterocycles. The van der Waals surface area contributed by atoms with Crippen LogP contribution in [0, 0.1) is 0 Å². The van der Waals surface area contributed by atoms with Crippen molar-refractivity contribution in [3.05, 3.63) is 28.7 Å². The molecule has 102 valence electrons. The van der Waals surface area contributed by atoms with Gasteiger partial charge in [-0.3, -0.25) is 4.21 Å². The lowest BCUT2D eigenvalue weighted by Gasteiger charge is -2.17. The molecule has 2 unspecified atom stereocenters. The van der Waals surface area contributed by atoms with Crippen LogP contribution in [0.3, 0.4) is 0 Å². The Hall–Kier alpha value is -0.190. The highest BCUT2D eigenvalue weighted by molar-refractivity contribution is 9.10. The average molecular weight is 332 g/mol. The van der Waals surface area contributed by atoms with Crippen molar-refractivity contribution in [3.63, 3.8) is 0 Å². The summed E-state index contributed by atoms with van der Waals surface area (Å²) in [6.45, 7) is 5.33. The van der Waals surface area contributed by atoms with Gasteiger partial charge in [-0.05, 0) is 43.7 Å². The van der Waals surface area contributed by atoms with Crippen LogP contribution in [0.25, 0.3) is 0 Å². The SMILES string of the molecule is CCCNC(CCC)CS(=O)c1ccc(Br)cc1. The van der Waals surface area contributed by atoms with Crippen LogP contribution in [0.5, 0.6) is 0 Å². The third-order valence-corrected chi connectivity index (χ3v) is 4.78. The van der Waals surface area contributed by atoms with Gasteiger partial charge in [0.1, 0.15) is 0 Å². The van der Waals surface area contributed by atoms with E-state index in [1.807, 2.05) is 24.3 Å². The van der Waals surface area contributed by atoms with Gasteiger partial charge in [0.25, 0.3) is 0 Å². The van der Waals surface area contributed by atoms with Crippen LogP contribution in [0.15, 0.2) is 33.6 Å². The largest absolute Gasteiger partial charge is 0.313 e. The number of nitrogens with one attached hydrogen (secondary N) is 1. The third kappa shape index (κ3) is 5.63. The van der Waals surface area contributed by atoms with Gasteiger partial charge in [-0.25, -0.2) is 0 Å². The van der Waals surface area contributed by atoms with E-state index in [1.54, 1.807) is 0 Å². The molecule has 0 aliphatic carbocycles. The van der Waals surface area contributed by atoms with Crippen LogP contribution in [0.2, 0.25) is 0 Å². The monoisotopic (exact) mass is 331 g/mol. The van der Waals surface area contributed by atoms with Gasteiger partial charge in [-0.2, -0.15) is 0 Å². The number of rotatable bonds is 8. The van der Waals surface area contributed by atoms with Gasteiger partial charge < -0.3 is 5.32 Å². The van der Waals surface area contributed by atoms with Crippen molar-refractivity contribution < 1.29 is 4.21 Å². The zero-order valence-corrected chi connectivity index (χ0v) is 13.5. The van der Waals surface area contributed by atoms with E-state index in [-0.39, 0.29) is 0 Å². The molecule has 1 aromatic rings. The molecule has 0 spiro atoms. The first-order chi connectivity index (χ1) is 8.67. The van der Waals surface area contributed by atoms with Crippen LogP contribution in [0.4, 0.5) is 0 Å². The zero-order valence-electron chi connectivity index (χ0n) is 11.1. The van der Waals surface area contributed by atoms with E-state index in [0.717, 1.165) is 35.2 Å². The summed E-state index contributed by atoms with van der Waals surface area (Å²) in [6, 6.07) is 8.12. The molecule has 4 heteroatoms. The fraction of sp³-hybridized carbons (Fsp3) is 0.571. The maximum atomic E-state index is 12.3. The van der Waals surface area contributed by atoms with Gasteiger partial charge in [-0.15, -0.1) is 0 Å². The molecule has 0 saturated heterocycles. The van der Waals surface area contributed by atoms with Gasteiger partial charge >= 0.3 is 0 Å². The second-order valence-corrected chi connectivity index (χ2v) is 6.82. The average Bonchev–Trinajstić information content (AvgIpc) is 2.37. The lowest BCUT2D eigenvalue weighted by atomic mass is 10.2. The minimum Gasteiger partial charge on any atom is -0.313 e. The van der Waals surface area contributed by atoms with E-state index in [1.165, 1.54) is 0 Å². The standard InChI is InChI=1S/C14H22BrNOS/c1-3-5-13(16-10-4-2)11-18(17)14-8-6-12(15)7-9-14/h6-9,13,16H,3-5,10-11H2,1-2H3. The van der Waals surface area contributed by atoms with Crippen molar-refractivity contribution in [3.8, 4) is 0 Å². The van der Waals surface area contributed by atoms with Crippen LogP contribution in [-0.2, 0) is 10.8 Å². The highest BCUT2D eigenvalue weighted by Crippen LogP contribution is 2.14. The lowest BCUT2D eigenvalue weighted by molar-refractivity contribution is 0.510. The molecule has 2 nitrogen and oxygen atoms in total. The molecule has 0 amide bonds. The Morgan fingerprint density at radius 1 is 1.22 bits per heavy atom. The van der Waals surface area contributed by atoms with Crippen LogP contribution < -0.4 is 5.32 Å². The van der Waals surface area contributed by atoms with Crippen LogP contribution in [0.1, 0.15) is 33.1 Å². The minimum atomic E-state index is -0.910. The van der Waals surface area contributed by atoms with Gasteiger partial charge in [0, 0.05) is 21.2 Å². The normalized spacial score (nSPS) is 14.4. The maximum Gasteiger partial charge on any atom is 0.0545 e. The summed E-state index contributed by atoms with van der Waals surface area (Å²) in [4.78, 5) is 0.914. The molecule has 1 rings (SSSR count). The third-order valence-electron chi connectivity index (χ3n) is 2.75. The Kier molecular flexibility index (Phi) is 7.79. The Balaban J connectivity index is 2.56. The molecule has 0 heterocycles. The van der Waals surface area contributed by atoms with Gasteiger partial charge in [0.2, 0.25) is 0 Å². The van der Waals surface area contributed by atoms with Crippen molar-refractivity contribution in [1.29, 1.82) is 0 Å². The molecule has 0 fully saturated rings. The first-order valence-electron chi connectivity index (χ1n) is 6.54. The summed E-state index contributed by atoms with van der Waals surface area (Å²) in [5.74, 6) is 0.704. The smallest absolute Gasteiger partial charge is 0.0545 e. The Morgan fingerprint density at radius 2 is 1.89 bits per heavy atom. The fourth-order valence-corrected chi connectivity index (χ4v) is 3.35. The first-order valence-corrected chi connectivity index (χ1v) is 8.65. The summed E-state index contributed by atoms with van der Waals surface area (Å²) >= 11 is 3.39.